The van der Waals surface area contributed by atoms with Crippen LogP contribution in [0.25, 0.3) is 0 Å². The van der Waals surface area contributed by atoms with Crippen molar-refractivity contribution in [3.05, 3.63) is 17.5 Å². The number of hydrogen-bond donors (Lipinski definition) is 1. The lowest BCUT2D eigenvalue weighted by Gasteiger charge is -2.21. The van der Waals surface area contributed by atoms with Crippen LogP contribution in [0.2, 0.25) is 0 Å². The summed E-state index contributed by atoms with van der Waals surface area (Å²) in [6.45, 7) is 1.30. The Morgan fingerprint density at radius 3 is 3.42 bits per heavy atom. The van der Waals surface area contributed by atoms with Gasteiger partial charge in [0, 0.05) is 31.3 Å². The summed E-state index contributed by atoms with van der Waals surface area (Å²) in [4.78, 5) is 0. The van der Waals surface area contributed by atoms with Gasteiger partial charge in [-0.05, 0) is 0 Å². The molecular weight excluding hydrogens is 154 g/mol. The Balaban J connectivity index is 2.38. The molecule has 2 N–H and O–H groups in total. The number of aryl methyl sites for hydroxylation is 1. The molecule has 4 nitrogen and oxygen atoms in total. The second-order valence-corrected chi connectivity index (χ2v) is 3.02. The highest BCUT2D eigenvalue weighted by atomic mass is 16.5. The topological polar surface area (TPSA) is 53.1 Å². The number of nitrogens with two attached hydrogens (primary N) is 1. The van der Waals surface area contributed by atoms with Crippen molar-refractivity contribution in [1.29, 1.82) is 0 Å². The van der Waals surface area contributed by atoms with Gasteiger partial charge in [-0.3, -0.25) is 4.68 Å². The molecule has 2 rings (SSSR count). The number of nitrogens with zero attached hydrogens (tertiary/aromatic N) is 2. The minimum Gasteiger partial charge on any atom is -0.372 e. The molecule has 0 radical (unpaired) electrons. The largest absolute Gasteiger partial charge is 0.372 e. The van der Waals surface area contributed by atoms with E-state index in [0.717, 1.165) is 18.6 Å². The maximum absolute atomic E-state index is 5.57. The molecule has 0 saturated carbocycles. The van der Waals surface area contributed by atoms with Gasteiger partial charge in [-0.1, -0.05) is 0 Å². The summed E-state index contributed by atoms with van der Waals surface area (Å²) in [6.07, 6.45) is 2.86. The first-order chi connectivity index (χ1) is 5.83. The molecule has 1 aromatic heterocycles. The Morgan fingerprint density at radius 1 is 1.83 bits per heavy atom. The SMILES string of the molecule is Cn1ncc2c1CCO[C@H]2CN. The summed E-state index contributed by atoms with van der Waals surface area (Å²) in [5, 5.41) is 4.18. The van der Waals surface area contributed by atoms with E-state index < -0.39 is 0 Å². The summed E-state index contributed by atoms with van der Waals surface area (Å²) in [6, 6.07) is 0. The van der Waals surface area contributed by atoms with Gasteiger partial charge in [0.2, 0.25) is 0 Å². The van der Waals surface area contributed by atoms with Crippen LogP contribution < -0.4 is 5.73 Å². The minimum absolute atomic E-state index is 0.0578. The lowest BCUT2D eigenvalue weighted by Crippen LogP contribution is -2.23. The first kappa shape index (κ1) is 7.76. The molecule has 0 spiro atoms. The highest BCUT2D eigenvalue weighted by Gasteiger charge is 2.22. The standard InChI is InChI=1S/C8H13N3O/c1-11-7-2-3-12-8(4-9)6(7)5-10-11/h5,8H,2-4,9H2,1H3/t8-/m0/s1. The molecule has 0 bridgehead atoms. The highest BCUT2D eigenvalue weighted by Crippen LogP contribution is 2.24. The van der Waals surface area contributed by atoms with Gasteiger partial charge in [-0.25, -0.2) is 0 Å². The van der Waals surface area contributed by atoms with Gasteiger partial charge in [0.05, 0.1) is 18.9 Å². The summed E-state index contributed by atoms with van der Waals surface area (Å²) >= 11 is 0. The van der Waals surface area contributed by atoms with Gasteiger partial charge >= 0.3 is 0 Å². The van der Waals surface area contributed by atoms with E-state index in [0.29, 0.717) is 6.54 Å². The Bertz CT molecular complexity index is 282. The van der Waals surface area contributed by atoms with Gasteiger partial charge in [0.1, 0.15) is 0 Å². The molecule has 1 atom stereocenters. The van der Waals surface area contributed by atoms with E-state index in [2.05, 4.69) is 5.10 Å². The molecule has 0 aromatic carbocycles. The molecule has 66 valence electrons. The summed E-state index contributed by atoms with van der Waals surface area (Å²) in [5.41, 5.74) is 7.98. The number of rotatable bonds is 1. The quantitative estimate of drug-likeness (QED) is 0.640. The molecule has 0 unspecified atom stereocenters. The normalized spacial score (nSPS) is 22.3. The van der Waals surface area contributed by atoms with E-state index in [-0.39, 0.29) is 6.10 Å². The van der Waals surface area contributed by atoms with Gasteiger partial charge in [0.25, 0.3) is 0 Å². The maximum Gasteiger partial charge on any atom is 0.0980 e. The zero-order valence-electron chi connectivity index (χ0n) is 7.16. The third-order valence-electron chi connectivity index (χ3n) is 2.31. The lowest BCUT2D eigenvalue weighted by atomic mass is 10.1. The van der Waals surface area contributed by atoms with E-state index in [4.69, 9.17) is 10.5 Å². The summed E-state index contributed by atoms with van der Waals surface area (Å²) < 4.78 is 7.39. The molecule has 4 heteroatoms. The molecule has 0 saturated heterocycles. The van der Waals surface area contributed by atoms with Crippen molar-refractivity contribution < 1.29 is 4.74 Å². The van der Waals surface area contributed by atoms with Crippen LogP contribution in [0, 0.1) is 0 Å². The van der Waals surface area contributed by atoms with Crippen molar-refractivity contribution >= 4 is 0 Å². The van der Waals surface area contributed by atoms with Crippen LogP contribution in [0.3, 0.4) is 0 Å². The Labute approximate surface area is 71.3 Å². The molecule has 0 fully saturated rings. The molecule has 0 aliphatic carbocycles. The van der Waals surface area contributed by atoms with Gasteiger partial charge < -0.3 is 10.5 Å². The van der Waals surface area contributed by atoms with Crippen LogP contribution >= 0.6 is 0 Å². The predicted molar refractivity (Wildman–Crippen MR) is 44.7 cm³/mol. The molecular formula is C8H13N3O. The average Bonchev–Trinajstić information content (AvgIpc) is 2.48. The van der Waals surface area contributed by atoms with Crippen LogP contribution in [0.5, 0.6) is 0 Å². The first-order valence-electron chi connectivity index (χ1n) is 4.15. The molecule has 0 amide bonds. The van der Waals surface area contributed by atoms with Crippen LogP contribution in [-0.4, -0.2) is 22.9 Å². The maximum atomic E-state index is 5.57. The smallest absolute Gasteiger partial charge is 0.0980 e. The van der Waals surface area contributed by atoms with Crippen LogP contribution in [0.15, 0.2) is 6.20 Å². The highest BCUT2D eigenvalue weighted by molar-refractivity contribution is 5.23. The van der Waals surface area contributed by atoms with Crippen molar-refractivity contribution in [2.45, 2.75) is 12.5 Å². The second kappa shape index (κ2) is 2.88. The van der Waals surface area contributed by atoms with Gasteiger partial charge in [-0.2, -0.15) is 5.10 Å². The van der Waals surface area contributed by atoms with Crippen LogP contribution in [-0.2, 0) is 18.2 Å². The lowest BCUT2D eigenvalue weighted by molar-refractivity contribution is 0.0473. The second-order valence-electron chi connectivity index (χ2n) is 3.02. The average molecular weight is 167 g/mol. The summed E-state index contributed by atoms with van der Waals surface area (Å²) in [7, 11) is 1.96. The zero-order chi connectivity index (χ0) is 8.55. The fourth-order valence-electron chi connectivity index (χ4n) is 1.64. The third-order valence-corrected chi connectivity index (χ3v) is 2.31. The molecule has 2 heterocycles. The van der Waals surface area contributed by atoms with Crippen molar-refractivity contribution in [2.75, 3.05) is 13.2 Å². The minimum atomic E-state index is 0.0578. The first-order valence-corrected chi connectivity index (χ1v) is 4.15. The zero-order valence-corrected chi connectivity index (χ0v) is 7.16. The van der Waals surface area contributed by atoms with Crippen molar-refractivity contribution in [3.8, 4) is 0 Å². The summed E-state index contributed by atoms with van der Waals surface area (Å²) in [5.74, 6) is 0. The molecule has 1 aromatic rings. The Kier molecular flexibility index (Phi) is 1.86. The van der Waals surface area contributed by atoms with Crippen LogP contribution in [0.4, 0.5) is 0 Å². The van der Waals surface area contributed by atoms with E-state index in [1.54, 1.807) is 0 Å². The molecule has 1 aliphatic heterocycles. The van der Waals surface area contributed by atoms with Crippen molar-refractivity contribution in [3.63, 3.8) is 0 Å². The van der Waals surface area contributed by atoms with Crippen molar-refractivity contribution in [2.24, 2.45) is 12.8 Å². The molecule has 12 heavy (non-hydrogen) atoms. The van der Waals surface area contributed by atoms with Crippen LogP contribution in [0.1, 0.15) is 17.4 Å². The third kappa shape index (κ3) is 1.04. The van der Waals surface area contributed by atoms with Gasteiger partial charge in [-0.15, -0.1) is 0 Å². The fourth-order valence-corrected chi connectivity index (χ4v) is 1.64. The number of ether oxygens (including phenoxy) is 1. The van der Waals surface area contributed by atoms with Crippen molar-refractivity contribution in [1.82, 2.24) is 9.78 Å². The van der Waals surface area contributed by atoms with E-state index in [1.165, 1.54) is 5.69 Å². The fraction of sp³-hybridized carbons (Fsp3) is 0.625. The Hall–Kier alpha value is -0.870. The Morgan fingerprint density at radius 2 is 2.67 bits per heavy atom. The molecule has 1 aliphatic rings. The predicted octanol–water partition coefficient (Wildman–Crippen LogP) is -0.00740. The monoisotopic (exact) mass is 167 g/mol. The number of fused-ring (bicyclic) bond motifs is 1. The van der Waals surface area contributed by atoms with E-state index in [1.807, 2.05) is 17.9 Å². The van der Waals surface area contributed by atoms with E-state index in [9.17, 15) is 0 Å². The number of aromatic nitrogens is 2. The number of hydrogen-bond acceptors (Lipinski definition) is 3. The van der Waals surface area contributed by atoms with E-state index >= 15 is 0 Å². The van der Waals surface area contributed by atoms with Gasteiger partial charge in [0.15, 0.2) is 0 Å².